The van der Waals surface area contributed by atoms with Crippen LogP contribution in [0.15, 0.2) is 0 Å². The van der Waals surface area contributed by atoms with E-state index in [2.05, 4.69) is 15.4 Å². The topological polar surface area (TPSA) is 60.7 Å². The number of hydrogen-bond acceptors (Lipinski definition) is 4. The number of ketones is 1. The lowest BCUT2D eigenvalue weighted by molar-refractivity contribution is -0.128. The fourth-order valence-electron chi connectivity index (χ4n) is 0.627. The zero-order chi connectivity index (χ0) is 9.14. The van der Waals surface area contributed by atoms with E-state index in [1.807, 2.05) is 0 Å². The third kappa shape index (κ3) is 2.04. The molecular formula is C5H6F2N4O. The van der Waals surface area contributed by atoms with Crippen LogP contribution in [-0.2, 0) is 18.3 Å². The van der Waals surface area contributed by atoms with Crippen molar-refractivity contribution in [2.45, 2.75) is 12.8 Å². The molecule has 5 nitrogen and oxygen atoms in total. The van der Waals surface area contributed by atoms with Gasteiger partial charge in [0.1, 0.15) is 0 Å². The number of tetrazole rings is 1. The first-order chi connectivity index (χ1) is 5.59. The van der Waals surface area contributed by atoms with E-state index in [0.29, 0.717) is 0 Å². The van der Waals surface area contributed by atoms with Crippen LogP contribution in [-0.4, -0.2) is 32.4 Å². The molecule has 0 aromatic carbocycles. The van der Waals surface area contributed by atoms with Gasteiger partial charge < -0.3 is 0 Å². The van der Waals surface area contributed by atoms with E-state index in [0.717, 1.165) is 4.80 Å². The van der Waals surface area contributed by atoms with Crippen LogP contribution in [0, 0.1) is 0 Å². The second-order valence-electron chi connectivity index (χ2n) is 2.14. The highest BCUT2D eigenvalue weighted by atomic mass is 19.3. The predicted octanol–water partition coefficient (Wildman–Crippen LogP) is -0.413. The molecular weight excluding hydrogens is 170 g/mol. The number of aryl methyl sites for hydroxylation is 1. The van der Waals surface area contributed by atoms with Gasteiger partial charge in [0.15, 0.2) is 5.82 Å². The van der Waals surface area contributed by atoms with Gasteiger partial charge in [0.05, 0.1) is 13.5 Å². The zero-order valence-electron chi connectivity index (χ0n) is 6.24. The van der Waals surface area contributed by atoms with Gasteiger partial charge in [-0.25, -0.2) is 8.78 Å². The smallest absolute Gasteiger partial charge is 0.293 e. The molecule has 1 heterocycles. The van der Waals surface area contributed by atoms with Crippen molar-refractivity contribution in [3.63, 3.8) is 0 Å². The first kappa shape index (κ1) is 8.69. The molecule has 0 bridgehead atoms. The summed E-state index contributed by atoms with van der Waals surface area (Å²) >= 11 is 0. The summed E-state index contributed by atoms with van der Waals surface area (Å²) in [7, 11) is 1.49. The van der Waals surface area contributed by atoms with Crippen LogP contribution in [0.25, 0.3) is 0 Å². The number of halogens is 2. The molecule has 1 rings (SSSR count). The van der Waals surface area contributed by atoms with Crippen molar-refractivity contribution in [3.05, 3.63) is 5.82 Å². The Labute approximate surface area is 66.4 Å². The summed E-state index contributed by atoms with van der Waals surface area (Å²) in [5, 5.41) is 10.3. The van der Waals surface area contributed by atoms with Gasteiger partial charge in [0, 0.05) is 0 Å². The Bertz CT molecular complexity index is 285. The number of aromatic nitrogens is 4. The number of nitrogens with zero attached hydrogens (tertiary/aromatic N) is 4. The number of carbonyl (C=O) groups excluding carboxylic acids is 1. The standard InChI is InChI=1S/C5H6F2N4O/c1-11-9-4(8-10-11)2-3(12)5(6)7/h5H,2H2,1H3. The quantitative estimate of drug-likeness (QED) is 0.627. The number of carbonyl (C=O) groups is 1. The second-order valence-corrected chi connectivity index (χ2v) is 2.14. The maximum atomic E-state index is 11.7. The molecule has 0 saturated carbocycles. The Balaban J connectivity index is 2.58. The second kappa shape index (κ2) is 3.33. The fraction of sp³-hybridized carbons (Fsp3) is 0.600. The molecule has 0 radical (unpaired) electrons. The molecule has 66 valence electrons. The van der Waals surface area contributed by atoms with Gasteiger partial charge in [-0.05, 0) is 5.21 Å². The molecule has 1 aromatic rings. The normalized spacial score (nSPS) is 10.7. The van der Waals surface area contributed by atoms with E-state index in [1.165, 1.54) is 7.05 Å². The highest BCUT2D eigenvalue weighted by Crippen LogP contribution is 1.98. The fourth-order valence-corrected chi connectivity index (χ4v) is 0.627. The minimum atomic E-state index is -2.96. The van der Waals surface area contributed by atoms with Gasteiger partial charge in [-0.15, -0.1) is 10.2 Å². The van der Waals surface area contributed by atoms with Crippen molar-refractivity contribution in [2.24, 2.45) is 7.05 Å². The lowest BCUT2D eigenvalue weighted by Crippen LogP contribution is -2.13. The summed E-state index contributed by atoms with van der Waals surface area (Å²) in [5.41, 5.74) is 0. The van der Waals surface area contributed by atoms with Crippen LogP contribution in [0.5, 0.6) is 0 Å². The van der Waals surface area contributed by atoms with Crippen LogP contribution < -0.4 is 0 Å². The van der Waals surface area contributed by atoms with Crippen LogP contribution in [0.4, 0.5) is 8.78 Å². The Kier molecular flexibility index (Phi) is 2.41. The Hall–Kier alpha value is -1.40. The SMILES string of the molecule is Cn1nnc(CC(=O)C(F)F)n1. The van der Waals surface area contributed by atoms with Crippen molar-refractivity contribution in [2.75, 3.05) is 0 Å². The third-order valence-electron chi connectivity index (χ3n) is 1.13. The molecule has 0 aliphatic heterocycles. The summed E-state index contributed by atoms with van der Waals surface area (Å²) in [6.45, 7) is 0. The van der Waals surface area contributed by atoms with E-state index < -0.39 is 18.6 Å². The van der Waals surface area contributed by atoms with Crippen LogP contribution in [0.3, 0.4) is 0 Å². The minimum absolute atomic E-state index is 0.0165. The monoisotopic (exact) mass is 176 g/mol. The van der Waals surface area contributed by atoms with Crippen LogP contribution >= 0.6 is 0 Å². The number of alkyl halides is 2. The maximum Gasteiger partial charge on any atom is 0.296 e. The highest BCUT2D eigenvalue weighted by Gasteiger charge is 2.17. The predicted molar refractivity (Wildman–Crippen MR) is 33.5 cm³/mol. The van der Waals surface area contributed by atoms with E-state index >= 15 is 0 Å². The Morgan fingerprint density at radius 1 is 1.67 bits per heavy atom. The third-order valence-corrected chi connectivity index (χ3v) is 1.13. The molecule has 1 aromatic heterocycles. The molecule has 0 fully saturated rings. The molecule has 0 unspecified atom stereocenters. The van der Waals surface area contributed by atoms with Crippen molar-refractivity contribution in [1.29, 1.82) is 0 Å². The largest absolute Gasteiger partial charge is 0.296 e. The van der Waals surface area contributed by atoms with E-state index in [9.17, 15) is 13.6 Å². The van der Waals surface area contributed by atoms with Gasteiger partial charge in [0.25, 0.3) is 6.43 Å². The Morgan fingerprint density at radius 3 is 2.75 bits per heavy atom. The average Bonchev–Trinajstić information content (AvgIpc) is 2.35. The van der Waals surface area contributed by atoms with E-state index in [4.69, 9.17) is 0 Å². The van der Waals surface area contributed by atoms with Crippen molar-refractivity contribution < 1.29 is 13.6 Å². The molecule has 12 heavy (non-hydrogen) atoms. The highest BCUT2D eigenvalue weighted by molar-refractivity contribution is 5.82. The van der Waals surface area contributed by atoms with E-state index in [1.54, 1.807) is 0 Å². The summed E-state index contributed by atoms with van der Waals surface area (Å²) < 4.78 is 23.4. The first-order valence-corrected chi connectivity index (χ1v) is 3.13. The number of rotatable bonds is 3. The van der Waals surface area contributed by atoms with Gasteiger partial charge in [-0.3, -0.25) is 4.79 Å². The van der Waals surface area contributed by atoms with Gasteiger partial charge >= 0.3 is 0 Å². The zero-order valence-corrected chi connectivity index (χ0v) is 6.24. The van der Waals surface area contributed by atoms with Gasteiger partial charge in [-0.1, -0.05) is 0 Å². The number of hydrogen-bond donors (Lipinski definition) is 0. The molecule has 0 aliphatic carbocycles. The van der Waals surface area contributed by atoms with Crippen LogP contribution in [0.2, 0.25) is 0 Å². The molecule has 0 spiro atoms. The summed E-state index contributed by atoms with van der Waals surface area (Å²) in [5.74, 6) is -1.18. The van der Waals surface area contributed by atoms with Gasteiger partial charge in [-0.2, -0.15) is 4.80 Å². The van der Waals surface area contributed by atoms with Crippen molar-refractivity contribution >= 4 is 5.78 Å². The lowest BCUT2D eigenvalue weighted by Gasteiger charge is -1.92. The Morgan fingerprint density at radius 2 is 2.33 bits per heavy atom. The van der Waals surface area contributed by atoms with Crippen molar-refractivity contribution in [3.8, 4) is 0 Å². The average molecular weight is 176 g/mol. The lowest BCUT2D eigenvalue weighted by atomic mass is 10.3. The molecule has 0 saturated heterocycles. The molecule has 7 heteroatoms. The maximum absolute atomic E-state index is 11.7. The minimum Gasteiger partial charge on any atom is -0.293 e. The first-order valence-electron chi connectivity index (χ1n) is 3.13. The molecule has 0 aliphatic rings. The molecule has 0 N–H and O–H groups in total. The number of Topliss-reactive ketones (excluding diaryl/α,β-unsaturated/α-hetero) is 1. The summed E-state index contributed by atoms with van der Waals surface area (Å²) in [6, 6.07) is 0. The van der Waals surface area contributed by atoms with Crippen molar-refractivity contribution in [1.82, 2.24) is 20.2 Å². The van der Waals surface area contributed by atoms with Gasteiger partial charge in [0.2, 0.25) is 5.78 Å². The molecule has 0 atom stereocenters. The summed E-state index contributed by atoms with van der Waals surface area (Å²) in [6.07, 6.45) is -3.43. The van der Waals surface area contributed by atoms with E-state index in [-0.39, 0.29) is 5.82 Å². The summed E-state index contributed by atoms with van der Waals surface area (Å²) in [4.78, 5) is 11.6. The van der Waals surface area contributed by atoms with Crippen LogP contribution in [0.1, 0.15) is 5.82 Å². The molecule has 0 amide bonds.